The van der Waals surface area contributed by atoms with Gasteiger partial charge in [0.05, 0.1) is 22.6 Å². The van der Waals surface area contributed by atoms with E-state index >= 15 is 0 Å². The smallest absolute Gasteiger partial charge is 0.273 e. The third-order valence-corrected chi connectivity index (χ3v) is 3.22. The number of nitrogens with zero attached hydrogens (tertiary/aromatic N) is 2. The van der Waals surface area contributed by atoms with Crippen LogP contribution < -0.4 is 5.32 Å². The van der Waals surface area contributed by atoms with Crippen molar-refractivity contribution in [2.24, 2.45) is 0 Å². The molecule has 2 heterocycles. The van der Waals surface area contributed by atoms with Crippen LogP contribution in [-0.2, 0) is 0 Å². The highest BCUT2D eigenvalue weighted by Gasteiger charge is 2.12. The Kier molecular flexibility index (Phi) is 3.66. The van der Waals surface area contributed by atoms with Crippen LogP contribution in [0.3, 0.4) is 0 Å². The highest BCUT2D eigenvalue weighted by Crippen LogP contribution is 2.26. The molecule has 0 aliphatic heterocycles. The molecular weight excluding hydrogens is 288 g/mol. The standard InChI is InChI=1S/C15H11ClN4O/c16-12-6-2-1-5-11(12)13-8-14(20-19-13)15(21)18-10-4-3-7-17-9-10/h1-9H,(H,18,21)(H,19,20). The third kappa shape index (κ3) is 2.93. The fraction of sp³-hybridized carbons (Fsp3) is 0. The largest absolute Gasteiger partial charge is 0.319 e. The molecular formula is C15H11ClN4O. The third-order valence-electron chi connectivity index (χ3n) is 2.89. The Morgan fingerprint density at radius 1 is 1.19 bits per heavy atom. The lowest BCUT2D eigenvalue weighted by atomic mass is 10.1. The molecule has 21 heavy (non-hydrogen) atoms. The maximum Gasteiger partial charge on any atom is 0.273 e. The van der Waals surface area contributed by atoms with E-state index in [1.165, 1.54) is 0 Å². The molecule has 0 aliphatic carbocycles. The highest BCUT2D eigenvalue weighted by molar-refractivity contribution is 6.33. The molecule has 5 nitrogen and oxygen atoms in total. The Labute approximate surface area is 126 Å². The highest BCUT2D eigenvalue weighted by atomic mass is 35.5. The van der Waals surface area contributed by atoms with Crippen LogP contribution in [0.4, 0.5) is 5.69 Å². The van der Waals surface area contributed by atoms with Crippen molar-refractivity contribution in [3.8, 4) is 11.3 Å². The van der Waals surface area contributed by atoms with Crippen LogP contribution in [-0.4, -0.2) is 21.1 Å². The number of benzene rings is 1. The predicted molar refractivity (Wildman–Crippen MR) is 81.2 cm³/mol. The number of aromatic amines is 1. The lowest BCUT2D eigenvalue weighted by molar-refractivity contribution is 0.102. The molecule has 3 aromatic rings. The molecule has 0 aliphatic rings. The van der Waals surface area contributed by atoms with E-state index in [9.17, 15) is 4.79 Å². The molecule has 0 fully saturated rings. The Hall–Kier alpha value is -2.66. The number of carbonyl (C=O) groups excluding carboxylic acids is 1. The molecule has 0 spiro atoms. The summed E-state index contributed by atoms with van der Waals surface area (Å²) < 4.78 is 0. The Bertz CT molecular complexity index is 770. The van der Waals surface area contributed by atoms with Crippen molar-refractivity contribution in [2.45, 2.75) is 0 Å². The van der Waals surface area contributed by atoms with E-state index in [0.29, 0.717) is 22.1 Å². The molecule has 1 amide bonds. The number of hydrogen-bond acceptors (Lipinski definition) is 3. The summed E-state index contributed by atoms with van der Waals surface area (Å²) in [6.45, 7) is 0. The molecule has 6 heteroatoms. The maximum atomic E-state index is 12.1. The topological polar surface area (TPSA) is 70.7 Å². The number of H-pyrrole nitrogens is 1. The molecule has 0 bridgehead atoms. The molecule has 0 saturated heterocycles. The molecule has 2 aromatic heterocycles. The number of hydrogen-bond donors (Lipinski definition) is 2. The molecule has 0 unspecified atom stereocenters. The number of aromatic nitrogens is 3. The van der Waals surface area contributed by atoms with E-state index in [0.717, 1.165) is 5.56 Å². The summed E-state index contributed by atoms with van der Waals surface area (Å²) in [5, 5.41) is 10.2. The minimum Gasteiger partial charge on any atom is -0.319 e. The minimum atomic E-state index is -0.284. The average Bonchev–Trinajstić information content (AvgIpc) is 2.98. The van der Waals surface area contributed by atoms with Crippen molar-refractivity contribution in [2.75, 3.05) is 5.32 Å². The Morgan fingerprint density at radius 2 is 2.05 bits per heavy atom. The van der Waals surface area contributed by atoms with Gasteiger partial charge in [0.2, 0.25) is 0 Å². The first-order valence-corrected chi connectivity index (χ1v) is 6.63. The quantitative estimate of drug-likeness (QED) is 0.778. The van der Waals surface area contributed by atoms with Gasteiger partial charge in [0.1, 0.15) is 5.69 Å². The summed E-state index contributed by atoms with van der Waals surface area (Å²) in [6, 6.07) is 12.5. The molecule has 3 rings (SSSR count). The zero-order valence-electron chi connectivity index (χ0n) is 10.9. The molecule has 0 saturated carbocycles. The number of nitrogens with one attached hydrogen (secondary N) is 2. The minimum absolute atomic E-state index is 0.284. The normalized spacial score (nSPS) is 10.3. The van der Waals surface area contributed by atoms with Crippen molar-refractivity contribution in [1.82, 2.24) is 15.2 Å². The van der Waals surface area contributed by atoms with Gasteiger partial charge in [-0.25, -0.2) is 0 Å². The number of halogens is 1. The van der Waals surface area contributed by atoms with Crippen LogP contribution in [0.1, 0.15) is 10.5 Å². The van der Waals surface area contributed by atoms with Gasteiger partial charge in [-0.15, -0.1) is 0 Å². The van der Waals surface area contributed by atoms with Crippen LogP contribution in [0.5, 0.6) is 0 Å². The van der Waals surface area contributed by atoms with E-state index in [1.807, 2.05) is 18.2 Å². The lowest BCUT2D eigenvalue weighted by Crippen LogP contribution is -2.12. The lowest BCUT2D eigenvalue weighted by Gasteiger charge is -2.01. The van der Waals surface area contributed by atoms with Crippen LogP contribution in [0.2, 0.25) is 5.02 Å². The fourth-order valence-electron chi connectivity index (χ4n) is 1.88. The summed E-state index contributed by atoms with van der Waals surface area (Å²) in [5.74, 6) is -0.284. The fourth-order valence-corrected chi connectivity index (χ4v) is 2.11. The predicted octanol–water partition coefficient (Wildman–Crippen LogP) is 3.38. The number of amides is 1. The molecule has 2 N–H and O–H groups in total. The number of anilines is 1. The van der Waals surface area contributed by atoms with Crippen molar-refractivity contribution in [1.29, 1.82) is 0 Å². The van der Waals surface area contributed by atoms with E-state index < -0.39 is 0 Å². The van der Waals surface area contributed by atoms with Gasteiger partial charge < -0.3 is 5.32 Å². The van der Waals surface area contributed by atoms with Gasteiger partial charge in [0.15, 0.2) is 0 Å². The van der Waals surface area contributed by atoms with E-state index in [2.05, 4.69) is 20.5 Å². The summed E-state index contributed by atoms with van der Waals surface area (Å²) in [5.41, 5.74) is 2.37. The van der Waals surface area contributed by atoms with Gasteiger partial charge in [-0.2, -0.15) is 5.10 Å². The van der Waals surface area contributed by atoms with Crippen LogP contribution in [0.25, 0.3) is 11.3 Å². The zero-order valence-corrected chi connectivity index (χ0v) is 11.6. The zero-order chi connectivity index (χ0) is 14.7. The number of pyridine rings is 1. The van der Waals surface area contributed by atoms with Crippen LogP contribution in [0.15, 0.2) is 54.9 Å². The van der Waals surface area contributed by atoms with E-state index in [1.54, 1.807) is 36.7 Å². The first-order chi connectivity index (χ1) is 10.2. The Morgan fingerprint density at radius 3 is 2.81 bits per heavy atom. The second-order valence-corrected chi connectivity index (χ2v) is 4.75. The Balaban J connectivity index is 1.82. The first-order valence-electron chi connectivity index (χ1n) is 6.26. The van der Waals surface area contributed by atoms with Gasteiger partial charge in [-0.3, -0.25) is 14.9 Å². The van der Waals surface area contributed by atoms with Crippen molar-refractivity contribution in [3.63, 3.8) is 0 Å². The number of rotatable bonds is 3. The SMILES string of the molecule is O=C(Nc1cccnc1)c1cc(-c2ccccc2Cl)n[nH]1. The summed E-state index contributed by atoms with van der Waals surface area (Å²) in [6.07, 6.45) is 3.21. The molecule has 0 radical (unpaired) electrons. The second-order valence-electron chi connectivity index (χ2n) is 4.34. The monoisotopic (exact) mass is 298 g/mol. The molecule has 0 atom stereocenters. The van der Waals surface area contributed by atoms with E-state index in [-0.39, 0.29) is 5.91 Å². The first kappa shape index (κ1) is 13.3. The van der Waals surface area contributed by atoms with Gasteiger partial charge in [-0.1, -0.05) is 29.8 Å². The molecule has 1 aromatic carbocycles. The second kappa shape index (κ2) is 5.76. The van der Waals surface area contributed by atoms with Crippen LogP contribution >= 0.6 is 11.6 Å². The van der Waals surface area contributed by atoms with Gasteiger partial charge in [0.25, 0.3) is 5.91 Å². The van der Waals surface area contributed by atoms with Crippen molar-refractivity contribution < 1.29 is 4.79 Å². The average molecular weight is 299 g/mol. The van der Waals surface area contributed by atoms with Gasteiger partial charge in [0, 0.05) is 11.8 Å². The van der Waals surface area contributed by atoms with Crippen molar-refractivity contribution >= 4 is 23.2 Å². The molecule has 104 valence electrons. The van der Waals surface area contributed by atoms with Gasteiger partial charge in [-0.05, 0) is 24.3 Å². The van der Waals surface area contributed by atoms with Crippen molar-refractivity contribution in [3.05, 3.63) is 65.6 Å². The van der Waals surface area contributed by atoms with Crippen LogP contribution in [0, 0.1) is 0 Å². The maximum absolute atomic E-state index is 12.1. The van der Waals surface area contributed by atoms with E-state index in [4.69, 9.17) is 11.6 Å². The summed E-state index contributed by atoms with van der Waals surface area (Å²) in [7, 11) is 0. The summed E-state index contributed by atoms with van der Waals surface area (Å²) in [4.78, 5) is 16.0. The summed E-state index contributed by atoms with van der Waals surface area (Å²) >= 11 is 6.11. The number of carbonyl (C=O) groups is 1. The van der Waals surface area contributed by atoms with Gasteiger partial charge >= 0.3 is 0 Å².